The van der Waals surface area contributed by atoms with E-state index in [-0.39, 0.29) is 11.9 Å². The zero-order valence-corrected chi connectivity index (χ0v) is 11.3. The van der Waals surface area contributed by atoms with Gasteiger partial charge in [-0.2, -0.15) is 0 Å². The molecule has 0 saturated heterocycles. The van der Waals surface area contributed by atoms with Crippen molar-refractivity contribution in [3.63, 3.8) is 0 Å². The molecule has 0 saturated carbocycles. The molecule has 0 spiro atoms. The molecule has 18 heavy (non-hydrogen) atoms. The molecule has 0 radical (unpaired) electrons. The maximum absolute atomic E-state index is 12.9. The summed E-state index contributed by atoms with van der Waals surface area (Å²) >= 11 is 12.2. The van der Waals surface area contributed by atoms with E-state index in [1.54, 1.807) is 18.2 Å². The second-order valence-corrected chi connectivity index (χ2v) is 4.70. The van der Waals surface area contributed by atoms with Crippen molar-refractivity contribution in [2.75, 3.05) is 7.05 Å². The summed E-state index contributed by atoms with van der Waals surface area (Å²) in [4.78, 5) is 0. The number of benzene rings is 2. The fraction of sp³-hybridized carbons (Fsp3) is 0.143. The van der Waals surface area contributed by atoms with Crippen molar-refractivity contribution < 1.29 is 4.39 Å². The predicted molar refractivity (Wildman–Crippen MR) is 73.8 cm³/mol. The molecule has 94 valence electrons. The summed E-state index contributed by atoms with van der Waals surface area (Å²) in [6.45, 7) is 0. The molecule has 0 aliphatic rings. The molecule has 0 bridgehead atoms. The van der Waals surface area contributed by atoms with E-state index >= 15 is 0 Å². The molecule has 1 unspecified atom stereocenters. The highest BCUT2D eigenvalue weighted by atomic mass is 35.5. The van der Waals surface area contributed by atoms with E-state index in [9.17, 15) is 4.39 Å². The first kappa shape index (κ1) is 13.3. The molecule has 0 heterocycles. The average Bonchev–Trinajstić information content (AvgIpc) is 2.37. The van der Waals surface area contributed by atoms with Crippen LogP contribution in [0.5, 0.6) is 0 Å². The van der Waals surface area contributed by atoms with Gasteiger partial charge in [0.25, 0.3) is 0 Å². The van der Waals surface area contributed by atoms with Gasteiger partial charge in [0.05, 0.1) is 16.1 Å². The summed E-state index contributed by atoms with van der Waals surface area (Å²) in [5, 5.41) is 4.18. The molecule has 1 nitrogen and oxygen atoms in total. The first-order chi connectivity index (χ1) is 8.63. The SMILES string of the molecule is CNC(c1ccc(F)cc1)c1cccc(Cl)c1Cl. The van der Waals surface area contributed by atoms with Gasteiger partial charge in [-0.1, -0.05) is 47.5 Å². The molecule has 0 amide bonds. The van der Waals surface area contributed by atoms with Gasteiger partial charge >= 0.3 is 0 Å². The minimum atomic E-state index is -0.259. The Labute approximate surface area is 116 Å². The van der Waals surface area contributed by atoms with Gasteiger partial charge in [0.15, 0.2) is 0 Å². The van der Waals surface area contributed by atoms with E-state index in [4.69, 9.17) is 23.2 Å². The Hall–Kier alpha value is -1.09. The van der Waals surface area contributed by atoms with Crippen LogP contribution < -0.4 is 5.32 Å². The van der Waals surface area contributed by atoms with Gasteiger partial charge in [-0.25, -0.2) is 4.39 Å². The van der Waals surface area contributed by atoms with E-state index in [1.807, 2.05) is 19.2 Å². The Bertz CT molecular complexity index is 540. The van der Waals surface area contributed by atoms with E-state index in [1.165, 1.54) is 12.1 Å². The second kappa shape index (κ2) is 5.70. The molecule has 0 aliphatic heterocycles. The van der Waals surface area contributed by atoms with Crippen molar-refractivity contribution in [2.24, 2.45) is 0 Å². The van der Waals surface area contributed by atoms with Crippen LogP contribution in [0.25, 0.3) is 0 Å². The van der Waals surface area contributed by atoms with Crippen LogP contribution in [0.1, 0.15) is 17.2 Å². The van der Waals surface area contributed by atoms with Crippen LogP contribution >= 0.6 is 23.2 Å². The molecule has 0 aromatic heterocycles. The van der Waals surface area contributed by atoms with Gasteiger partial charge in [-0.05, 0) is 36.4 Å². The largest absolute Gasteiger partial charge is 0.309 e. The molecular weight excluding hydrogens is 272 g/mol. The van der Waals surface area contributed by atoms with E-state index in [2.05, 4.69) is 5.32 Å². The Morgan fingerprint density at radius 1 is 1.06 bits per heavy atom. The van der Waals surface area contributed by atoms with Crippen molar-refractivity contribution in [3.8, 4) is 0 Å². The van der Waals surface area contributed by atoms with Crippen molar-refractivity contribution in [1.82, 2.24) is 5.32 Å². The van der Waals surface area contributed by atoms with Crippen molar-refractivity contribution in [3.05, 3.63) is 69.5 Å². The Morgan fingerprint density at radius 3 is 2.33 bits per heavy atom. The highest BCUT2D eigenvalue weighted by Crippen LogP contribution is 2.32. The quantitative estimate of drug-likeness (QED) is 0.878. The molecule has 0 fully saturated rings. The van der Waals surface area contributed by atoms with Gasteiger partial charge in [-0.3, -0.25) is 0 Å². The van der Waals surface area contributed by atoms with Gasteiger partial charge < -0.3 is 5.32 Å². The fourth-order valence-corrected chi connectivity index (χ4v) is 2.32. The summed E-state index contributed by atoms with van der Waals surface area (Å²) in [5.41, 5.74) is 1.81. The smallest absolute Gasteiger partial charge is 0.123 e. The standard InChI is InChI=1S/C14H12Cl2FN/c1-18-14(9-5-7-10(17)8-6-9)11-3-2-4-12(15)13(11)16/h2-8,14,18H,1H3. The highest BCUT2D eigenvalue weighted by molar-refractivity contribution is 6.42. The molecule has 4 heteroatoms. The summed E-state index contributed by atoms with van der Waals surface area (Å²) in [6, 6.07) is 11.7. The topological polar surface area (TPSA) is 12.0 Å². The lowest BCUT2D eigenvalue weighted by atomic mass is 9.99. The van der Waals surface area contributed by atoms with E-state index in [0.29, 0.717) is 10.0 Å². The van der Waals surface area contributed by atoms with Gasteiger partial charge in [0.1, 0.15) is 5.82 Å². The Morgan fingerprint density at radius 2 is 1.72 bits per heavy atom. The van der Waals surface area contributed by atoms with Crippen LogP contribution in [0.3, 0.4) is 0 Å². The molecule has 2 aromatic rings. The molecule has 1 atom stereocenters. The first-order valence-corrected chi connectivity index (χ1v) is 6.25. The highest BCUT2D eigenvalue weighted by Gasteiger charge is 2.16. The minimum Gasteiger partial charge on any atom is -0.309 e. The molecule has 2 rings (SSSR count). The summed E-state index contributed by atoms with van der Waals surface area (Å²) < 4.78 is 12.9. The first-order valence-electron chi connectivity index (χ1n) is 5.50. The van der Waals surface area contributed by atoms with Gasteiger partial charge in [-0.15, -0.1) is 0 Å². The third-order valence-corrected chi connectivity index (χ3v) is 3.62. The maximum Gasteiger partial charge on any atom is 0.123 e. The summed E-state index contributed by atoms with van der Waals surface area (Å²) in [7, 11) is 1.82. The zero-order chi connectivity index (χ0) is 13.1. The van der Waals surface area contributed by atoms with Crippen LogP contribution in [0.15, 0.2) is 42.5 Å². The summed E-state index contributed by atoms with van der Waals surface area (Å²) in [5.74, 6) is -0.259. The predicted octanol–water partition coefficient (Wildman–Crippen LogP) is 4.44. The lowest BCUT2D eigenvalue weighted by molar-refractivity contribution is 0.623. The second-order valence-electron chi connectivity index (χ2n) is 3.92. The third kappa shape index (κ3) is 2.66. The van der Waals surface area contributed by atoms with Crippen LogP contribution in [0.2, 0.25) is 10.0 Å². The third-order valence-electron chi connectivity index (χ3n) is 2.78. The van der Waals surface area contributed by atoms with Gasteiger partial charge in [0.2, 0.25) is 0 Å². The van der Waals surface area contributed by atoms with Crippen molar-refractivity contribution >= 4 is 23.2 Å². The van der Waals surface area contributed by atoms with Crippen LogP contribution in [-0.2, 0) is 0 Å². The molecule has 1 N–H and O–H groups in total. The average molecular weight is 284 g/mol. The molecule has 0 aliphatic carbocycles. The Balaban J connectivity index is 2.45. The van der Waals surface area contributed by atoms with E-state index < -0.39 is 0 Å². The molecular formula is C14H12Cl2FN. The molecule has 2 aromatic carbocycles. The van der Waals surface area contributed by atoms with Crippen LogP contribution in [0, 0.1) is 5.82 Å². The fourth-order valence-electron chi connectivity index (χ4n) is 1.90. The van der Waals surface area contributed by atoms with Crippen LogP contribution in [-0.4, -0.2) is 7.05 Å². The number of halogens is 3. The number of hydrogen-bond donors (Lipinski definition) is 1. The Kier molecular flexibility index (Phi) is 4.23. The zero-order valence-electron chi connectivity index (χ0n) is 9.75. The monoisotopic (exact) mass is 283 g/mol. The summed E-state index contributed by atoms with van der Waals surface area (Å²) in [6.07, 6.45) is 0. The van der Waals surface area contributed by atoms with Crippen molar-refractivity contribution in [1.29, 1.82) is 0 Å². The minimum absolute atomic E-state index is 0.114. The number of hydrogen-bond acceptors (Lipinski definition) is 1. The number of rotatable bonds is 3. The normalized spacial score (nSPS) is 12.4. The lowest BCUT2D eigenvalue weighted by Gasteiger charge is -2.19. The van der Waals surface area contributed by atoms with Crippen molar-refractivity contribution in [2.45, 2.75) is 6.04 Å². The van der Waals surface area contributed by atoms with E-state index in [0.717, 1.165) is 11.1 Å². The maximum atomic E-state index is 12.9. The van der Waals surface area contributed by atoms with Gasteiger partial charge in [0, 0.05) is 0 Å². The lowest BCUT2D eigenvalue weighted by Crippen LogP contribution is -2.18. The number of nitrogens with one attached hydrogen (secondary N) is 1. The van der Waals surface area contributed by atoms with Crippen LogP contribution in [0.4, 0.5) is 4.39 Å².